The maximum atomic E-state index is 11.7. The van der Waals surface area contributed by atoms with Gasteiger partial charge in [0.2, 0.25) is 0 Å². The quantitative estimate of drug-likeness (QED) is 0.529. The maximum Gasteiger partial charge on any atom is 0.309 e. The Kier molecular flexibility index (Phi) is 2.76. The molecule has 6 heteroatoms. The lowest BCUT2D eigenvalue weighted by atomic mass is 9.80. The molecule has 0 N–H and O–H groups in total. The number of carbonyl (C=O) groups is 3. The highest BCUT2D eigenvalue weighted by Crippen LogP contribution is 2.57. The Hall–Kier alpha value is -1.59. The van der Waals surface area contributed by atoms with Crippen molar-refractivity contribution in [2.24, 2.45) is 23.7 Å². The number of hydrogen-bond acceptors (Lipinski definition) is 6. The van der Waals surface area contributed by atoms with Crippen LogP contribution in [0.1, 0.15) is 20.3 Å². The minimum absolute atomic E-state index is 0.0000463. The minimum atomic E-state index is -0.364. The average molecular weight is 268 g/mol. The Labute approximate surface area is 110 Å². The molecule has 0 aromatic rings. The molecule has 0 aromatic heterocycles. The van der Waals surface area contributed by atoms with E-state index in [4.69, 9.17) is 14.2 Å². The summed E-state index contributed by atoms with van der Waals surface area (Å²) in [7, 11) is 0. The molecule has 3 aliphatic rings. The molecule has 2 bridgehead atoms. The molecule has 6 nitrogen and oxygen atoms in total. The third kappa shape index (κ3) is 1.81. The molecule has 19 heavy (non-hydrogen) atoms. The van der Waals surface area contributed by atoms with E-state index in [1.54, 1.807) is 0 Å². The van der Waals surface area contributed by atoms with Gasteiger partial charge in [-0.15, -0.1) is 0 Å². The maximum absolute atomic E-state index is 11.7. The van der Waals surface area contributed by atoms with Gasteiger partial charge in [0, 0.05) is 31.6 Å². The number of hydrogen-bond donors (Lipinski definition) is 0. The van der Waals surface area contributed by atoms with Crippen molar-refractivity contribution in [3.63, 3.8) is 0 Å². The molecule has 0 amide bonds. The molecule has 0 aromatic carbocycles. The van der Waals surface area contributed by atoms with Gasteiger partial charge in [-0.3, -0.25) is 14.4 Å². The lowest BCUT2D eigenvalue weighted by molar-refractivity contribution is -0.155. The fraction of sp³-hybridized carbons (Fsp3) is 0.769. The summed E-state index contributed by atoms with van der Waals surface area (Å²) in [6, 6.07) is 0. The molecule has 2 saturated carbocycles. The first kappa shape index (κ1) is 12.4. The van der Waals surface area contributed by atoms with E-state index in [9.17, 15) is 14.4 Å². The SMILES string of the molecule is CC(=O)O[C@H]1[C@H]2C[C@H](OC(C)=O)[C@H]1[C@H]1COC(=O)[C@@H]21. The van der Waals surface area contributed by atoms with Crippen LogP contribution in [0.15, 0.2) is 0 Å². The first-order valence-corrected chi connectivity index (χ1v) is 6.50. The summed E-state index contributed by atoms with van der Waals surface area (Å²) >= 11 is 0. The van der Waals surface area contributed by atoms with Crippen molar-refractivity contribution in [3.8, 4) is 0 Å². The van der Waals surface area contributed by atoms with E-state index in [2.05, 4.69) is 0 Å². The van der Waals surface area contributed by atoms with Gasteiger partial charge in [-0.25, -0.2) is 0 Å². The Bertz CT molecular complexity index is 444. The van der Waals surface area contributed by atoms with Gasteiger partial charge in [0.1, 0.15) is 12.2 Å². The largest absolute Gasteiger partial charge is 0.465 e. The third-order valence-electron chi connectivity index (χ3n) is 4.46. The van der Waals surface area contributed by atoms with Gasteiger partial charge in [-0.05, 0) is 6.42 Å². The fourth-order valence-corrected chi connectivity index (χ4v) is 4.02. The van der Waals surface area contributed by atoms with Crippen molar-refractivity contribution < 1.29 is 28.6 Å². The van der Waals surface area contributed by atoms with Crippen molar-refractivity contribution in [2.75, 3.05) is 6.61 Å². The lowest BCUT2D eigenvalue weighted by Gasteiger charge is -2.27. The Balaban J connectivity index is 1.85. The van der Waals surface area contributed by atoms with Crippen LogP contribution in [0.5, 0.6) is 0 Å². The highest BCUT2D eigenvalue weighted by Gasteiger charge is 2.66. The normalized spacial score (nSPS) is 42.7. The molecule has 1 saturated heterocycles. The van der Waals surface area contributed by atoms with Gasteiger partial charge < -0.3 is 14.2 Å². The fourth-order valence-electron chi connectivity index (χ4n) is 4.02. The standard InChI is InChI=1S/C13H16O6/c1-5(14)18-9-3-7-10-8(4-17-13(10)16)11(9)12(7)19-6(2)15/h7-12H,3-4H2,1-2H3/t7-,8-,9-,10-,11+,12-/m0/s1. The van der Waals surface area contributed by atoms with Gasteiger partial charge in [0.25, 0.3) is 0 Å². The zero-order valence-electron chi connectivity index (χ0n) is 10.8. The number of carbonyl (C=O) groups excluding carboxylic acids is 3. The molecular formula is C13H16O6. The van der Waals surface area contributed by atoms with E-state index in [0.29, 0.717) is 13.0 Å². The Morgan fingerprint density at radius 2 is 1.84 bits per heavy atom. The van der Waals surface area contributed by atoms with Gasteiger partial charge >= 0.3 is 17.9 Å². The average Bonchev–Trinajstić information content (AvgIpc) is 2.89. The Morgan fingerprint density at radius 1 is 1.16 bits per heavy atom. The molecule has 3 rings (SSSR count). The number of esters is 3. The van der Waals surface area contributed by atoms with E-state index >= 15 is 0 Å². The van der Waals surface area contributed by atoms with Crippen LogP contribution >= 0.6 is 0 Å². The van der Waals surface area contributed by atoms with Crippen molar-refractivity contribution in [3.05, 3.63) is 0 Å². The summed E-state index contributed by atoms with van der Waals surface area (Å²) in [6.07, 6.45) is -0.0364. The van der Waals surface area contributed by atoms with Crippen LogP contribution in [0.25, 0.3) is 0 Å². The predicted octanol–water partition coefficient (Wildman–Crippen LogP) is 0.289. The van der Waals surface area contributed by atoms with E-state index in [0.717, 1.165) is 0 Å². The summed E-state index contributed by atoms with van der Waals surface area (Å²) in [5, 5.41) is 0. The van der Waals surface area contributed by atoms with Crippen LogP contribution in [0.3, 0.4) is 0 Å². The predicted molar refractivity (Wildman–Crippen MR) is 60.6 cm³/mol. The molecule has 0 unspecified atom stereocenters. The minimum Gasteiger partial charge on any atom is -0.465 e. The van der Waals surface area contributed by atoms with Crippen molar-refractivity contribution in [1.82, 2.24) is 0 Å². The first-order valence-electron chi connectivity index (χ1n) is 6.50. The number of ether oxygens (including phenoxy) is 3. The third-order valence-corrected chi connectivity index (χ3v) is 4.46. The molecule has 104 valence electrons. The molecule has 1 heterocycles. The smallest absolute Gasteiger partial charge is 0.309 e. The van der Waals surface area contributed by atoms with E-state index < -0.39 is 0 Å². The summed E-state index contributed by atoms with van der Waals surface area (Å²) in [4.78, 5) is 34.1. The van der Waals surface area contributed by atoms with Crippen LogP contribution in [-0.4, -0.2) is 36.7 Å². The molecule has 1 aliphatic heterocycles. The molecule has 0 spiro atoms. The number of cyclic esters (lactones) is 1. The summed E-state index contributed by atoms with van der Waals surface area (Å²) < 4.78 is 15.7. The van der Waals surface area contributed by atoms with Gasteiger partial charge in [0.15, 0.2) is 0 Å². The van der Waals surface area contributed by atoms with Crippen molar-refractivity contribution in [2.45, 2.75) is 32.5 Å². The zero-order chi connectivity index (χ0) is 13.7. The molecule has 6 atom stereocenters. The van der Waals surface area contributed by atoms with E-state index in [1.165, 1.54) is 13.8 Å². The zero-order valence-corrected chi connectivity index (χ0v) is 10.8. The van der Waals surface area contributed by atoms with Crippen molar-refractivity contribution in [1.29, 1.82) is 0 Å². The molecular weight excluding hydrogens is 252 g/mol. The van der Waals surface area contributed by atoms with Gasteiger partial charge in [0.05, 0.1) is 12.5 Å². The Morgan fingerprint density at radius 3 is 2.47 bits per heavy atom. The summed E-state index contributed by atoms with van der Waals surface area (Å²) in [6.45, 7) is 3.05. The second kappa shape index (κ2) is 4.21. The van der Waals surface area contributed by atoms with E-state index in [-0.39, 0.29) is 53.8 Å². The summed E-state index contributed by atoms with van der Waals surface area (Å²) in [5.74, 6) is -1.33. The van der Waals surface area contributed by atoms with Crippen LogP contribution in [0.2, 0.25) is 0 Å². The van der Waals surface area contributed by atoms with Crippen molar-refractivity contribution >= 4 is 17.9 Å². The lowest BCUT2D eigenvalue weighted by Crippen LogP contribution is -2.35. The topological polar surface area (TPSA) is 78.9 Å². The van der Waals surface area contributed by atoms with Crippen LogP contribution in [0, 0.1) is 23.7 Å². The molecule has 0 radical (unpaired) electrons. The van der Waals surface area contributed by atoms with Crippen LogP contribution in [-0.2, 0) is 28.6 Å². The molecule has 3 fully saturated rings. The number of rotatable bonds is 2. The van der Waals surface area contributed by atoms with Gasteiger partial charge in [-0.2, -0.15) is 0 Å². The summed E-state index contributed by atoms with van der Waals surface area (Å²) in [5.41, 5.74) is 0. The van der Waals surface area contributed by atoms with Gasteiger partial charge in [-0.1, -0.05) is 0 Å². The van der Waals surface area contributed by atoms with Crippen LogP contribution < -0.4 is 0 Å². The highest BCUT2D eigenvalue weighted by molar-refractivity contribution is 5.77. The first-order chi connectivity index (χ1) is 8.99. The second-order valence-corrected chi connectivity index (χ2v) is 5.52. The molecule has 2 aliphatic carbocycles. The van der Waals surface area contributed by atoms with E-state index in [1.807, 2.05) is 0 Å². The van der Waals surface area contributed by atoms with Crippen LogP contribution in [0.4, 0.5) is 0 Å². The number of fused-ring (bicyclic) bond motifs is 5. The second-order valence-electron chi connectivity index (χ2n) is 5.52. The monoisotopic (exact) mass is 268 g/mol. The highest BCUT2D eigenvalue weighted by atomic mass is 16.6.